The molecule has 0 aliphatic carbocycles. The summed E-state index contributed by atoms with van der Waals surface area (Å²) in [5, 5.41) is 20.7. The maximum atomic E-state index is 10.6. The smallest absolute Gasteiger partial charge is 0.332 e. The Labute approximate surface area is 89.4 Å². The minimum absolute atomic E-state index is 0.00278. The largest absolute Gasteiger partial charge is 0.479 e. The molecule has 5 nitrogen and oxygen atoms in total. The van der Waals surface area contributed by atoms with Gasteiger partial charge in [0.25, 0.3) is 0 Å². The van der Waals surface area contributed by atoms with E-state index in [0.29, 0.717) is 13.0 Å². The zero-order chi connectivity index (χ0) is 11.3. The van der Waals surface area contributed by atoms with Gasteiger partial charge in [0, 0.05) is 13.2 Å². The van der Waals surface area contributed by atoms with Crippen molar-refractivity contribution in [2.45, 2.75) is 32.0 Å². The van der Waals surface area contributed by atoms with Crippen LogP contribution in [0.1, 0.15) is 19.8 Å². The molecule has 0 spiro atoms. The first-order chi connectivity index (χ1) is 7.13. The van der Waals surface area contributed by atoms with Crippen molar-refractivity contribution in [2.75, 3.05) is 19.7 Å². The number of aliphatic carboxylic acids is 1. The van der Waals surface area contributed by atoms with Crippen LogP contribution in [0, 0.1) is 5.92 Å². The third-order valence-electron chi connectivity index (χ3n) is 2.56. The van der Waals surface area contributed by atoms with Gasteiger partial charge in [0.05, 0.1) is 6.10 Å². The molecule has 0 radical (unpaired) electrons. The minimum atomic E-state index is -0.874. The first-order valence-corrected chi connectivity index (χ1v) is 5.33. The van der Waals surface area contributed by atoms with Gasteiger partial charge < -0.3 is 20.3 Å². The summed E-state index contributed by atoms with van der Waals surface area (Å²) in [5.74, 6) is -0.650. The lowest BCUT2D eigenvalue weighted by Crippen LogP contribution is -2.32. The van der Waals surface area contributed by atoms with Crippen molar-refractivity contribution in [1.82, 2.24) is 5.32 Å². The SMILES string of the molecule is CC(CO)CNCC1CCC(C(=O)O)O1. The Balaban J connectivity index is 2.11. The van der Waals surface area contributed by atoms with E-state index in [1.54, 1.807) is 0 Å². The summed E-state index contributed by atoms with van der Waals surface area (Å²) in [6.45, 7) is 3.50. The molecule has 1 aliphatic heterocycles. The molecule has 5 heteroatoms. The lowest BCUT2D eigenvalue weighted by atomic mass is 10.2. The molecule has 15 heavy (non-hydrogen) atoms. The Morgan fingerprint density at radius 2 is 2.33 bits per heavy atom. The molecular weight excluding hydrogens is 198 g/mol. The number of nitrogens with one attached hydrogen (secondary N) is 1. The van der Waals surface area contributed by atoms with Gasteiger partial charge in [-0.1, -0.05) is 6.92 Å². The summed E-state index contributed by atoms with van der Waals surface area (Å²) in [7, 11) is 0. The van der Waals surface area contributed by atoms with Crippen molar-refractivity contribution in [1.29, 1.82) is 0 Å². The first-order valence-electron chi connectivity index (χ1n) is 5.33. The molecule has 0 amide bonds. The number of aliphatic hydroxyl groups excluding tert-OH is 1. The highest BCUT2D eigenvalue weighted by atomic mass is 16.5. The van der Waals surface area contributed by atoms with Gasteiger partial charge in [0.2, 0.25) is 0 Å². The summed E-state index contributed by atoms with van der Waals surface area (Å²) in [6.07, 6.45) is 0.749. The molecule has 1 rings (SSSR count). The lowest BCUT2D eigenvalue weighted by molar-refractivity contribution is -0.149. The van der Waals surface area contributed by atoms with Crippen molar-refractivity contribution in [3.8, 4) is 0 Å². The molecule has 3 unspecified atom stereocenters. The molecule has 0 bridgehead atoms. The van der Waals surface area contributed by atoms with Crippen LogP contribution in [0.2, 0.25) is 0 Å². The van der Waals surface area contributed by atoms with E-state index in [1.807, 2.05) is 6.92 Å². The van der Waals surface area contributed by atoms with Gasteiger partial charge in [-0.3, -0.25) is 0 Å². The van der Waals surface area contributed by atoms with Crippen LogP contribution < -0.4 is 5.32 Å². The number of aliphatic hydroxyl groups is 1. The Hall–Kier alpha value is -0.650. The molecule has 3 atom stereocenters. The van der Waals surface area contributed by atoms with Gasteiger partial charge in [0.1, 0.15) is 0 Å². The fourth-order valence-corrected chi connectivity index (χ4v) is 1.59. The van der Waals surface area contributed by atoms with Crippen LogP contribution in [0.5, 0.6) is 0 Å². The second-order valence-corrected chi connectivity index (χ2v) is 4.11. The van der Waals surface area contributed by atoms with Gasteiger partial charge in [-0.2, -0.15) is 0 Å². The summed E-state index contributed by atoms with van der Waals surface area (Å²) in [5.41, 5.74) is 0. The molecule has 1 heterocycles. The molecule has 0 aromatic carbocycles. The number of hydrogen-bond acceptors (Lipinski definition) is 4. The second-order valence-electron chi connectivity index (χ2n) is 4.11. The van der Waals surface area contributed by atoms with Crippen molar-refractivity contribution in [2.24, 2.45) is 5.92 Å². The Kier molecular flexibility index (Phi) is 5.01. The van der Waals surface area contributed by atoms with Crippen LogP contribution in [0.25, 0.3) is 0 Å². The van der Waals surface area contributed by atoms with Crippen LogP contribution in [-0.2, 0) is 9.53 Å². The molecule has 1 saturated heterocycles. The van der Waals surface area contributed by atoms with E-state index >= 15 is 0 Å². The second kappa shape index (κ2) is 6.05. The van der Waals surface area contributed by atoms with Crippen molar-refractivity contribution in [3.63, 3.8) is 0 Å². The number of rotatable bonds is 6. The Morgan fingerprint density at radius 1 is 1.60 bits per heavy atom. The quantitative estimate of drug-likeness (QED) is 0.576. The fraction of sp³-hybridized carbons (Fsp3) is 0.900. The number of carboxylic acid groups (broad SMARTS) is 1. The zero-order valence-corrected chi connectivity index (χ0v) is 8.98. The third-order valence-corrected chi connectivity index (χ3v) is 2.56. The maximum absolute atomic E-state index is 10.6. The monoisotopic (exact) mass is 217 g/mol. The van der Waals surface area contributed by atoms with Crippen molar-refractivity contribution in [3.05, 3.63) is 0 Å². The summed E-state index contributed by atoms with van der Waals surface area (Å²) in [4.78, 5) is 10.6. The number of carbonyl (C=O) groups is 1. The topological polar surface area (TPSA) is 78.8 Å². The van der Waals surface area contributed by atoms with Crippen molar-refractivity contribution < 1.29 is 19.7 Å². The molecule has 88 valence electrons. The van der Waals surface area contributed by atoms with Gasteiger partial charge in [-0.05, 0) is 25.3 Å². The standard InChI is InChI=1S/C10H19NO4/c1-7(6-12)4-11-5-8-2-3-9(15-8)10(13)14/h7-9,11-12H,2-6H2,1H3,(H,13,14). The number of ether oxygens (including phenoxy) is 1. The Bertz CT molecular complexity index is 210. The lowest BCUT2D eigenvalue weighted by Gasteiger charge is -2.14. The molecular formula is C10H19NO4. The van der Waals surface area contributed by atoms with Crippen LogP contribution in [-0.4, -0.2) is 48.1 Å². The van der Waals surface area contributed by atoms with Gasteiger partial charge in [-0.25, -0.2) is 4.79 Å². The van der Waals surface area contributed by atoms with Crippen LogP contribution >= 0.6 is 0 Å². The van der Waals surface area contributed by atoms with Crippen LogP contribution in [0.15, 0.2) is 0 Å². The zero-order valence-electron chi connectivity index (χ0n) is 8.98. The summed E-state index contributed by atoms with van der Waals surface area (Å²) >= 11 is 0. The van der Waals surface area contributed by atoms with Crippen molar-refractivity contribution >= 4 is 5.97 Å². The van der Waals surface area contributed by atoms with E-state index < -0.39 is 12.1 Å². The minimum Gasteiger partial charge on any atom is -0.479 e. The number of hydrogen-bond donors (Lipinski definition) is 3. The van der Waals surface area contributed by atoms with E-state index in [1.165, 1.54) is 0 Å². The predicted molar refractivity (Wildman–Crippen MR) is 54.7 cm³/mol. The highest BCUT2D eigenvalue weighted by Gasteiger charge is 2.29. The average molecular weight is 217 g/mol. The van der Waals surface area contributed by atoms with E-state index in [2.05, 4.69) is 5.32 Å². The molecule has 1 fully saturated rings. The van der Waals surface area contributed by atoms with Gasteiger partial charge in [-0.15, -0.1) is 0 Å². The average Bonchev–Trinajstić information content (AvgIpc) is 2.66. The predicted octanol–water partition coefficient (Wildman–Crippen LogP) is -0.163. The molecule has 0 saturated carbocycles. The Morgan fingerprint density at radius 3 is 2.87 bits per heavy atom. The maximum Gasteiger partial charge on any atom is 0.332 e. The fourth-order valence-electron chi connectivity index (χ4n) is 1.59. The molecule has 0 aromatic rings. The molecule has 1 aliphatic rings. The van der Waals surface area contributed by atoms with E-state index in [0.717, 1.165) is 13.0 Å². The molecule has 3 N–H and O–H groups in total. The van der Waals surface area contributed by atoms with Gasteiger partial charge in [0.15, 0.2) is 6.10 Å². The van der Waals surface area contributed by atoms with E-state index in [-0.39, 0.29) is 18.6 Å². The summed E-state index contributed by atoms with van der Waals surface area (Å²) < 4.78 is 5.31. The van der Waals surface area contributed by atoms with Crippen LogP contribution in [0.4, 0.5) is 0 Å². The summed E-state index contributed by atoms with van der Waals surface area (Å²) in [6, 6.07) is 0. The highest BCUT2D eigenvalue weighted by Crippen LogP contribution is 2.19. The third kappa shape index (κ3) is 4.15. The highest BCUT2D eigenvalue weighted by molar-refractivity contribution is 5.72. The number of carboxylic acids is 1. The van der Waals surface area contributed by atoms with Gasteiger partial charge >= 0.3 is 5.97 Å². The van der Waals surface area contributed by atoms with E-state index in [4.69, 9.17) is 14.9 Å². The van der Waals surface area contributed by atoms with E-state index in [9.17, 15) is 4.79 Å². The first kappa shape index (κ1) is 12.4. The molecule has 0 aromatic heterocycles. The normalized spacial score (nSPS) is 27.9. The van der Waals surface area contributed by atoms with Crippen LogP contribution in [0.3, 0.4) is 0 Å².